The molecular weight excluding hydrogens is 288 g/mol. The molecule has 1 amide bonds. The van der Waals surface area contributed by atoms with Crippen molar-refractivity contribution in [3.63, 3.8) is 0 Å². The topological polar surface area (TPSA) is 65.5 Å². The Balaban J connectivity index is 2.26. The Morgan fingerprint density at radius 1 is 1.30 bits per heavy atom. The zero-order valence-corrected chi connectivity index (χ0v) is 15.7. The lowest BCUT2D eigenvalue weighted by molar-refractivity contribution is -0.121. The van der Waals surface area contributed by atoms with Gasteiger partial charge in [0.1, 0.15) is 0 Å². The Morgan fingerprint density at radius 2 is 2.00 bits per heavy atom. The van der Waals surface area contributed by atoms with Gasteiger partial charge in [-0.2, -0.15) is 0 Å². The normalized spacial score (nSPS) is 16.8. The third-order valence-electron chi connectivity index (χ3n) is 3.83. The summed E-state index contributed by atoms with van der Waals surface area (Å²) in [5.41, 5.74) is 0.361. The molecule has 0 spiro atoms. The summed E-state index contributed by atoms with van der Waals surface area (Å²) in [6.07, 6.45) is 5.96. The molecule has 0 aromatic heterocycles. The number of carbonyl (C=O) groups excluding carboxylic acids is 1. The van der Waals surface area contributed by atoms with Crippen LogP contribution < -0.4 is 16.0 Å². The van der Waals surface area contributed by atoms with E-state index in [0.717, 1.165) is 38.2 Å². The van der Waals surface area contributed by atoms with Crippen molar-refractivity contribution in [3.05, 3.63) is 0 Å². The van der Waals surface area contributed by atoms with Crippen LogP contribution in [0.4, 0.5) is 0 Å². The van der Waals surface area contributed by atoms with Gasteiger partial charge in [-0.25, -0.2) is 0 Å². The third kappa shape index (κ3) is 11.0. The van der Waals surface area contributed by atoms with E-state index in [9.17, 15) is 4.79 Å². The second-order valence-electron chi connectivity index (χ2n) is 7.85. The van der Waals surface area contributed by atoms with Gasteiger partial charge in [-0.3, -0.25) is 9.79 Å². The van der Waals surface area contributed by atoms with Crippen molar-refractivity contribution >= 4 is 11.9 Å². The van der Waals surface area contributed by atoms with Crippen molar-refractivity contribution in [1.82, 2.24) is 16.0 Å². The molecule has 0 aromatic rings. The highest BCUT2D eigenvalue weighted by Gasteiger charge is 2.22. The fourth-order valence-electron chi connectivity index (χ4n) is 2.23. The van der Waals surface area contributed by atoms with Gasteiger partial charge in [0, 0.05) is 31.6 Å². The molecule has 1 aliphatic carbocycles. The van der Waals surface area contributed by atoms with Gasteiger partial charge in [-0.05, 0) is 51.4 Å². The SMILES string of the molecule is CCNC(=NCCCC(=O)NC1CC1)NC(C)CCC(C)(C)C. The zero-order valence-electron chi connectivity index (χ0n) is 15.7. The van der Waals surface area contributed by atoms with E-state index >= 15 is 0 Å². The Labute approximate surface area is 142 Å². The van der Waals surface area contributed by atoms with E-state index in [1.807, 2.05) is 0 Å². The molecule has 0 aromatic carbocycles. The Bertz CT molecular complexity index is 383. The Hall–Kier alpha value is -1.26. The molecule has 1 saturated carbocycles. The van der Waals surface area contributed by atoms with E-state index < -0.39 is 0 Å². The van der Waals surface area contributed by atoms with Gasteiger partial charge < -0.3 is 16.0 Å². The second-order valence-corrected chi connectivity index (χ2v) is 7.85. The van der Waals surface area contributed by atoms with Gasteiger partial charge in [0.05, 0.1) is 0 Å². The van der Waals surface area contributed by atoms with Crippen LogP contribution in [0.3, 0.4) is 0 Å². The first kappa shape index (κ1) is 19.8. The number of carbonyl (C=O) groups is 1. The molecular formula is C18H36N4O. The van der Waals surface area contributed by atoms with Gasteiger partial charge in [0.25, 0.3) is 0 Å². The van der Waals surface area contributed by atoms with Gasteiger partial charge >= 0.3 is 0 Å². The molecule has 0 aliphatic heterocycles. The number of hydrogen-bond donors (Lipinski definition) is 3. The molecule has 1 aliphatic rings. The number of nitrogens with zero attached hydrogens (tertiary/aromatic N) is 1. The highest BCUT2D eigenvalue weighted by molar-refractivity contribution is 5.80. The number of amides is 1. The number of nitrogens with one attached hydrogen (secondary N) is 3. The molecule has 0 saturated heterocycles. The van der Waals surface area contributed by atoms with E-state index in [0.29, 0.717) is 30.5 Å². The maximum absolute atomic E-state index is 11.6. The van der Waals surface area contributed by atoms with Gasteiger partial charge in [0.15, 0.2) is 5.96 Å². The molecule has 1 atom stereocenters. The first-order chi connectivity index (χ1) is 10.8. The fourth-order valence-corrected chi connectivity index (χ4v) is 2.23. The largest absolute Gasteiger partial charge is 0.357 e. The molecule has 1 fully saturated rings. The minimum absolute atomic E-state index is 0.166. The number of guanidine groups is 1. The maximum atomic E-state index is 11.6. The van der Waals surface area contributed by atoms with Crippen LogP contribution in [-0.4, -0.2) is 37.0 Å². The summed E-state index contributed by atoms with van der Waals surface area (Å²) in [6, 6.07) is 0.846. The molecule has 134 valence electrons. The Kier molecular flexibility index (Phi) is 8.42. The summed E-state index contributed by atoms with van der Waals surface area (Å²) in [5.74, 6) is 1.02. The number of aliphatic imine (C=N–C) groups is 1. The van der Waals surface area contributed by atoms with Crippen molar-refractivity contribution in [3.8, 4) is 0 Å². The van der Waals surface area contributed by atoms with Crippen molar-refractivity contribution in [2.75, 3.05) is 13.1 Å². The van der Waals surface area contributed by atoms with Crippen LogP contribution in [-0.2, 0) is 4.79 Å². The minimum Gasteiger partial charge on any atom is -0.357 e. The number of hydrogen-bond acceptors (Lipinski definition) is 2. The van der Waals surface area contributed by atoms with Crippen LogP contribution in [0.2, 0.25) is 0 Å². The molecule has 0 heterocycles. The highest BCUT2D eigenvalue weighted by Crippen LogP contribution is 2.21. The van der Waals surface area contributed by atoms with E-state index in [1.54, 1.807) is 0 Å². The molecule has 23 heavy (non-hydrogen) atoms. The van der Waals surface area contributed by atoms with E-state index in [-0.39, 0.29) is 5.91 Å². The number of rotatable bonds is 9. The zero-order chi connectivity index (χ0) is 17.3. The third-order valence-corrected chi connectivity index (χ3v) is 3.83. The predicted octanol–water partition coefficient (Wildman–Crippen LogP) is 2.82. The Morgan fingerprint density at radius 3 is 2.57 bits per heavy atom. The monoisotopic (exact) mass is 324 g/mol. The van der Waals surface area contributed by atoms with E-state index in [2.05, 4.69) is 55.6 Å². The van der Waals surface area contributed by atoms with Crippen molar-refractivity contribution in [1.29, 1.82) is 0 Å². The van der Waals surface area contributed by atoms with Gasteiger partial charge in [-0.1, -0.05) is 20.8 Å². The molecule has 3 N–H and O–H groups in total. The standard InChI is InChI=1S/C18H36N4O/c1-6-19-17(21-14(2)11-12-18(3,4)5)20-13-7-8-16(23)22-15-9-10-15/h14-15H,6-13H2,1-5H3,(H,22,23)(H2,19,20,21). The van der Waals surface area contributed by atoms with Crippen LogP contribution in [0.25, 0.3) is 0 Å². The highest BCUT2D eigenvalue weighted by atomic mass is 16.1. The van der Waals surface area contributed by atoms with Crippen LogP contribution in [0.5, 0.6) is 0 Å². The summed E-state index contributed by atoms with van der Waals surface area (Å²) in [6.45, 7) is 12.6. The summed E-state index contributed by atoms with van der Waals surface area (Å²) >= 11 is 0. The molecule has 1 rings (SSSR count). The van der Waals surface area contributed by atoms with Crippen LogP contribution in [0, 0.1) is 5.41 Å². The van der Waals surface area contributed by atoms with Crippen molar-refractivity contribution in [2.45, 2.75) is 85.2 Å². The molecule has 1 unspecified atom stereocenters. The molecule has 5 nitrogen and oxygen atoms in total. The fraction of sp³-hybridized carbons (Fsp3) is 0.889. The average molecular weight is 325 g/mol. The van der Waals surface area contributed by atoms with Crippen LogP contribution in [0.15, 0.2) is 4.99 Å². The quantitative estimate of drug-likeness (QED) is 0.347. The lowest BCUT2D eigenvalue weighted by atomic mass is 9.89. The summed E-state index contributed by atoms with van der Waals surface area (Å²) in [7, 11) is 0. The van der Waals surface area contributed by atoms with Crippen molar-refractivity contribution < 1.29 is 4.79 Å². The lowest BCUT2D eigenvalue weighted by Gasteiger charge is -2.23. The molecule has 0 radical (unpaired) electrons. The minimum atomic E-state index is 0.166. The van der Waals surface area contributed by atoms with Gasteiger partial charge in [0.2, 0.25) is 5.91 Å². The summed E-state index contributed by atoms with van der Waals surface area (Å²) in [5, 5.41) is 9.75. The average Bonchev–Trinajstić information content (AvgIpc) is 3.24. The summed E-state index contributed by atoms with van der Waals surface area (Å²) in [4.78, 5) is 16.2. The predicted molar refractivity (Wildman–Crippen MR) is 97.7 cm³/mol. The first-order valence-corrected chi connectivity index (χ1v) is 9.14. The second kappa shape index (κ2) is 9.78. The molecule has 0 bridgehead atoms. The van der Waals surface area contributed by atoms with E-state index in [1.165, 1.54) is 6.42 Å². The lowest BCUT2D eigenvalue weighted by Crippen LogP contribution is -2.42. The smallest absolute Gasteiger partial charge is 0.220 e. The summed E-state index contributed by atoms with van der Waals surface area (Å²) < 4.78 is 0. The van der Waals surface area contributed by atoms with Crippen LogP contribution >= 0.6 is 0 Å². The van der Waals surface area contributed by atoms with E-state index in [4.69, 9.17) is 0 Å². The maximum Gasteiger partial charge on any atom is 0.220 e. The first-order valence-electron chi connectivity index (χ1n) is 9.14. The van der Waals surface area contributed by atoms with Crippen molar-refractivity contribution in [2.24, 2.45) is 10.4 Å². The van der Waals surface area contributed by atoms with Gasteiger partial charge in [-0.15, -0.1) is 0 Å². The van der Waals surface area contributed by atoms with Crippen LogP contribution in [0.1, 0.15) is 73.1 Å². The molecule has 5 heteroatoms.